The molecule has 2 unspecified atom stereocenters. The second-order valence-corrected chi connectivity index (χ2v) is 6.05. The van der Waals surface area contributed by atoms with Crippen LogP contribution in [0.25, 0.3) is 0 Å². The van der Waals surface area contributed by atoms with Crippen LogP contribution in [0.15, 0.2) is 24.3 Å². The Kier molecular flexibility index (Phi) is 6.45. The maximum absolute atomic E-state index is 12.9. The maximum Gasteiger partial charge on any atom is 0.312 e. The molecule has 0 aliphatic heterocycles. The van der Waals surface area contributed by atoms with Crippen LogP contribution in [0.3, 0.4) is 0 Å². The first-order valence-electron chi connectivity index (χ1n) is 7.33. The highest BCUT2D eigenvalue weighted by atomic mass is 19.1. The van der Waals surface area contributed by atoms with E-state index in [9.17, 15) is 23.9 Å². The molecule has 6 nitrogen and oxygen atoms in total. The van der Waals surface area contributed by atoms with E-state index >= 15 is 0 Å². The minimum absolute atomic E-state index is 0.124. The standard InChI is InChI=1S/C17H21FO6/c1-10(15(21)23-4)13(14(19)20)17(2,3)16(22)24-9-11-5-7-12(18)8-6-11/h5-8,10,13H,9H2,1-4H3,(H,19,20). The van der Waals surface area contributed by atoms with Crippen molar-refractivity contribution in [3.63, 3.8) is 0 Å². The molecule has 0 heterocycles. The lowest BCUT2D eigenvalue weighted by Gasteiger charge is -2.32. The van der Waals surface area contributed by atoms with Gasteiger partial charge < -0.3 is 14.6 Å². The predicted octanol–water partition coefficient (Wildman–Crippen LogP) is 2.41. The van der Waals surface area contributed by atoms with E-state index < -0.39 is 41.0 Å². The van der Waals surface area contributed by atoms with E-state index in [1.807, 2.05) is 0 Å². The number of carbonyl (C=O) groups is 3. The van der Waals surface area contributed by atoms with Crippen LogP contribution in [-0.2, 0) is 30.5 Å². The quantitative estimate of drug-likeness (QED) is 0.767. The van der Waals surface area contributed by atoms with Crippen LogP contribution >= 0.6 is 0 Å². The summed E-state index contributed by atoms with van der Waals surface area (Å²) >= 11 is 0. The van der Waals surface area contributed by atoms with Crippen LogP contribution in [0.5, 0.6) is 0 Å². The fourth-order valence-corrected chi connectivity index (χ4v) is 2.51. The number of ether oxygens (including phenoxy) is 2. The minimum atomic E-state index is -1.46. The fraction of sp³-hybridized carbons (Fsp3) is 0.471. The molecule has 0 spiro atoms. The highest BCUT2D eigenvalue weighted by molar-refractivity contribution is 5.88. The molecular weight excluding hydrogens is 319 g/mol. The third-order valence-corrected chi connectivity index (χ3v) is 3.93. The van der Waals surface area contributed by atoms with E-state index in [2.05, 4.69) is 4.74 Å². The van der Waals surface area contributed by atoms with Crippen LogP contribution < -0.4 is 0 Å². The topological polar surface area (TPSA) is 89.9 Å². The lowest BCUT2D eigenvalue weighted by Crippen LogP contribution is -2.44. The number of hydrogen-bond acceptors (Lipinski definition) is 5. The first-order valence-corrected chi connectivity index (χ1v) is 7.33. The molecule has 2 atom stereocenters. The molecule has 0 fully saturated rings. The number of carboxylic acid groups (broad SMARTS) is 1. The largest absolute Gasteiger partial charge is 0.481 e. The van der Waals surface area contributed by atoms with E-state index in [1.54, 1.807) is 0 Å². The Bertz CT molecular complexity index is 608. The average Bonchev–Trinajstić information content (AvgIpc) is 2.52. The zero-order valence-electron chi connectivity index (χ0n) is 14.0. The van der Waals surface area contributed by atoms with Crippen LogP contribution in [-0.4, -0.2) is 30.1 Å². The van der Waals surface area contributed by atoms with Crippen molar-refractivity contribution in [3.05, 3.63) is 35.6 Å². The molecular formula is C17H21FO6. The molecule has 24 heavy (non-hydrogen) atoms. The van der Waals surface area contributed by atoms with Crippen LogP contribution in [0, 0.1) is 23.1 Å². The number of carbonyl (C=O) groups excluding carboxylic acids is 2. The summed E-state index contributed by atoms with van der Waals surface area (Å²) in [6.07, 6.45) is 0. The van der Waals surface area contributed by atoms with Crippen molar-refractivity contribution in [2.24, 2.45) is 17.3 Å². The van der Waals surface area contributed by atoms with Gasteiger partial charge in [0, 0.05) is 0 Å². The molecule has 1 aromatic rings. The van der Waals surface area contributed by atoms with Gasteiger partial charge >= 0.3 is 17.9 Å². The van der Waals surface area contributed by atoms with Crippen molar-refractivity contribution in [2.45, 2.75) is 27.4 Å². The molecule has 1 rings (SSSR count). The first-order chi connectivity index (χ1) is 11.1. The summed E-state index contributed by atoms with van der Waals surface area (Å²) in [6, 6.07) is 5.38. The first kappa shape index (κ1) is 19.6. The Labute approximate surface area is 139 Å². The van der Waals surface area contributed by atoms with Gasteiger partial charge in [-0.1, -0.05) is 19.1 Å². The Hall–Kier alpha value is -2.44. The third kappa shape index (κ3) is 4.53. The fourth-order valence-electron chi connectivity index (χ4n) is 2.51. The van der Waals surface area contributed by atoms with E-state index in [0.29, 0.717) is 5.56 Å². The van der Waals surface area contributed by atoms with Gasteiger partial charge in [0.1, 0.15) is 12.4 Å². The molecule has 0 aliphatic carbocycles. The van der Waals surface area contributed by atoms with Crippen LogP contribution in [0.4, 0.5) is 4.39 Å². The van der Waals surface area contributed by atoms with E-state index in [4.69, 9.17) is 4.74 Å². The summed E-state index contributed by atoms with van der Waals surface area (Å²) in [7, 11) is 1.15. The normalized spacial score (nSPS) is 13.7. The Balaban J connectivity index is 2.89. The van der Waals surface area contributed by atoms with Gasteiger partial charge in [0.2, 0.25) is 0 Å². The summed E-state index contributed by atoms with van der Waals surface area (Å²) in [6.45, 7) is 4.07. The zero-order chi connectivity index (χ0) is 18.5. The number of esters is 2. The number of methoxy groups -OCH3 is 1. The Morgan fingerprint density at radius 2 is 1.75 bits per heavy atom. The number of halogens is 1. The molecule has 132 valence electrons. The number of hydrogen-bond donors (Lipinski definition) is 1. The summed E-state index contributed by atoms with van der Waals surface area (Å²) in [4.78, 5) is 35.6. The SMILES string of the molecule is COC(=O)C(C)C(C(=O)O)C(C)(C)C(=O)OCc1ccc(F)cc1. The summed E-state index contributed by atoms with van der Waals surface area (Å²) in [5.41, 5.74) is -0.895. The summed E-state index contributed by atoms with van der Waals surface area (Å²) < 4.78 is 22.6. The van der Waals surface area contributed by atoms with E-state index in [0.717, 1.165) is 7.11 Å². The highest BCUT2D eigenvalue weighted by Gasteiger charge is 2.48. The number of rotatable bonds is 7. The number of carboxylic acids is 1. The lowest BCUT2D eigenvalue weighted by molar-refractivity contribution is -0.172. The van der Waals surface area contributed by atoms with Crippen molar-refractivity contribution in [2.75, 3.05) is 7.11 Å². The van der Waals surface area contributed by atoms with E-state index in [-0.39, 0.29) is 6.61 Å². The molecule has 0 saturated heterocycles. The monoisotopic (exact) mass is 340 g/mol. The van der Waals surface area contributed by atoms with Crippen molar-refractivity contribution < 1.29 is 33.4 Å². The molecule has 1 N–H and O–H groups in total. The lowest BCUT2D eigenvalue weighted by atomic mass is 9.72. The molecule has 0 aromatic heterocycles. The predicted molar refractivity (Wildman–Crippen MR) is 82.3 cm³/mol. The van der Waals surface area contributed by atoms with Crippen LogP contribution in [0.2, 0.25) is 0 Å². The smallest absolute Gasteiger partial charge is 0.312 e. The van der Waals surface area contributed by atoms with Gasteiger partial charge in [-0.25, -0.2) is 4.39 Å². The van der Waals surface area contributed by atoms with Gasteiger partial charge in [0.25, 0.3) is 0 Å². The Morgan fingerprint density at radius 1 is 1.21 bits per heavy atom. The van der Waals surface area contributed by atoms with Crippen molar-refractivity contribution in [3.8, 4) is 0 Å². The molecule has 0 saturated carbocycles. The van der Waals surface area contributed by atoms with Gasteiger partial charge in [-0.05, 0) is 31.5 Å². The van der Waals surface area contributed by atoms with Crippen LogP contribution in [0.1, 0.15) is 26.3 Å². The van der Waals surface area contributed by atoms with E-state index in [1.165, 1.54) is 45.0 Å². The van der Waals surface area contributed by atoms with Gasteiger partial charge in [-0.2, -0.15) is 0 Å². The molecule has 0 bridgehead atoms. The van der Waals surface area contributed by atoms with Crippen molar-refractivity contribution in [1.29, 1.82) is 0 Å². The third-order valence-electron chi connectivity index (χ3n) is 3.93. The maximum atomic E-state index is 12.9. The summed E-state index contributed by atoms with van der Waals surface area (Å²) in [5.74, 6) is -5.54. The molecule has 7 heteroatoms. The second kappa shape index (κ2) is 7.90. The number of benzene rings is 1. The van der Waals surface area contributed by atoms with Gasteiger partial charge in [0.15, 0.2) is 0 Å². The number of aliphatic carboxylic acids is 1. The molecule has 0 radical (unpaired) electrons. The van der Waals surface area contributed by atoms with Gasteiger partial charge in [-0.15, -0.1) is 0 Å². The average molecular weight is 340 g/mol. The molecule has 1 aromatic carbocycles. The highest BCUT2D eigenvalue weighted by Crippen LogP contribution is 2.35. The van der Waals surface area contributed by atoms with Gasteiger partial charge in [0.05, 0.1) is 24.4 Å². The van der Waals surface area contributed by atoms with Crippen molar-refractivity contribution in [1.82, 2.24) is 0 Å². The molecule has 0 aliphatic rings. The second-order valence-electron chi connectivity index (χ2n) is 6.05. The Morgan fingerprint density at radius 3 is 2.21 bits per heavy atom. The zero-order valence-corrected chi connectivity index (χ0v) is 14.0. The summed E-state index contributed by atoms with van der Waals surface area (Å²) in [5, 5.41) is 9.43. The molecule has 0 amide bonds. The van der Waals surface area contributed by atoms with Crippen molar-refractivity contribution >= 4 is 17.9 Å². The van der Waals surface area contributed by atoms with Gasteiger partial charge in [-0.3, -0.25) is 14.4 Å². The minimum Gasteiger partial charge on any atom is -0.481 e.